The minimum atomic E-state index is -0.849. The highest BCUT2D eigenvalue weighted by Crippen LogP contribution is 2.18. The topological polar surface area (TPSA) is 109 Å². The molecule has 0 heterocycles. The summed E-state index contributed by atoms with van der Waals surface area (Å²) in [7, 11) is 0. The van der Waals surface area contributed by atoms with Gasteiger partial charge in [-0.2, -0.15) is 5.10 Å². The standard InChI is InChI=1S/C21H24N4O4/c1-4-22-20(27)21(28)25-23-12-16-8-6-9-17(11-16)29-13-19(26)24-18-10-5-7-14(2)15(18)3/h5-12H,4,13H2,1-3H3,(H,22,27)(H,24,26)(H,25,28)/b23-12-. The maximum Gasteiger partial charge on any atom is 0.329 e. The number of ether oxygens (including phenoxy) is 1. The summed E-state index contributed by atoms with van der Waals surface area (Å²) in [6, 6.07) is 12.5. The Morgan fingerprint density at radius 2 is 1.83 bits per heavy atom. The van der Waals surface area contributed by atoms with Crippen LogP contribution in [0.15, 0.2) is 47.6 Å². The molecule has 0 aliphatic rings. The lowest BCUT2D eigenvalue weighted by Crippen LogP contribution is -2.37. The van der Waals surface area contributed by atoms with E-state index in [-0.39, 0.29) is 12.5 Å². The van der Waals surface area contributed by atoms with Crippen LogP contribution < -0.4 is 20.8 Å². The average Bonchev–Trinajstić information content (AvgIpc) is 2.70. The Balaban J connectivity index is 1.88. The van der Waals surface area contributed by atoms with Crippen molar-refractivity contribution in [2.24, 2.45) is 5.10 Å². The number of nitrogens with one attached hydrogen (secondary N) is 3. The van der Waals surface area contributed by atoms with Crippen molar-refractivity contribution >= 4 is 29.6 Å². The van der Waals surface area contributed by atoms with Gasteiger partial charge in [-0.05, 0) is 55.7 Å². The van der Waals surface area contributed by atoms with Crippen molar-refractivity contribution in [1.82, 2.24) is 10.7 Å². The van der Waals surface area contributed by atoms with Crippen LogP contribution >= 0.6 is 0 Å². The zero-order valence-electron chi connectivity index (χ0n) is 16.6. The molecule has 3 amide bonds. The molecule has 2 aromatic rings. The number of benzene rings is 2. The van der Waals surface area contributed by atoms with E-state index in [1.807, 2.05) is 32.0 Å². The number of anilines is 1. The number of carbonyl (C=O) groups excluding carboxylic acids is 3. The number of aryl methyl sites for hydroxylation is 1. The second-order valence-corrected chi connectivity index (χ2v) is 6.22. The minimum absolute atomic E-state index is 0.151. The molecule has 0 aliphatic heterocycles. The van der Waals surface area contributed by atoms with E-state index in [2.05, 4.69) is 21.2 Å². The first-order valence-electron chi connectivity index (χ1n) is 9.11. The number of carbonyl (C=O) groups is 3. The first kappa shape index (κ1) is 21.6. The Morgan fingerprint density at radius 1 is 1.07 bits per heavy atom. The highest BCUT2D eigenvalue weighted by atomic mass is 16.5. The Hall–Kier alpha value is -3.68. The number of nitrogens with zero attached hydrogens (tertiary/aromatic N) is 1. The molecule has 0 atom stereocenters. The summed E-state index contributed by atoms with van der Waals surface area (Å²) in [6.07, 6.45) is 1.38. The first-order chi connectivity index (χ1) is 13.9. The van der Waals surface area contributed by atoms with Crippen molar-refractivity contribution in [2.45, 2.75) is 20.8 Å². The molecule has 3 N–H and O–H groups in total. The van der Waals surface area contributed by atoms with E-state index in [0.29, 0.717) is 17.9 Å². The van der Waals surface area contributed by atoms with Crippen LogP contribution in [0.25, 0.3) is 0 Å². The summed E-state index contributed by atoms with van der Waals surface area (Å²) in [6.45, 7) is 5.84. The molecule has 0 fully saturated rings. The Bertz CT molecular complexity index is 925. The van der Waals surface area contributed by atoms with Crippen molar-refractivity contribution in [3.05, 3.63) is 59.2 Å². The number of rotatable bonds is 7. The monoisotopic (exact) mass is 396 g/mol. The van der Waals surface area contributed by atoms with Gasteiger partial charge < -0.3 is 15.4 Å². The summed E-state index contributed by atoms with van der Waals surface area (Å²) in [4.78, 5) is 34.9. The lowest BCUT2D eigenvalue weighted by Gasteiger charge is -2.11. The third-order valence-corrected chi connectivity index (χ3v) is 4.03. The van der Waals surface area contributed by atoms with Gasteiger partial charge in [0.05, 0.1) is 6.21 Å². The van der Waals surface area contributed by atoms with E-state index >= 15 is 0 Å². The predicted octanol–water partition coefficient (Wildman–Crippen LogP) is 1.91. The van der Waals surface area contributed by atoms with Gasteiger partial charge in [0.1, 0.15) is 5.75 Å². The summed E-state index contributed by atoms with van der Waals surface area (Å²) in [5.74, 6) is -1.40. The zero-order valence-corrected chi connectivity index (χ0v) is 16.6. The summed E-state index contributed by atoms with van der Waals surface area (Å²) >= 11 is 0. The maximum atomic E-state index is 12.2. The molecule has 0 radical (unpaired) electrons. The van der Waals surface area contributed by atoms with Crippen LogP contribution in [0.4, 0.5) is 5.69 Å². The van der Waals surface area contributed by atoms with Crippen LogP contribution in [-0.4, -0.2) is 37.1 Å². The molecule has 0 aliphatic carbocycles. The SMILES string of the molecule is CCNC(=O)C(=O)N/N=C\c1cccc(OCC(=O)Nc2cccc(C)c2C)c1. The lowest BCUT2D eigenvalue weighted by molar-refractivity contribution is -0.139. The van der Waals surface area contributed by atoms with Crippen molar-refractivity contribution in [1.29, 1.82) is 0 Å². The largest absolute Gasteiger partial charge is 0.484 e. The second-order valence-electron chi connectivity index (χ2n) is 6.22. The van der Waals surface area contributed by atoms with Gasteiger partial charge >= 0.3 is 11.8 Å². The predicted molar refractivity (Wildman–Crippen MR) is 111 cm³/mol. The van der Waals surface area contributed by atoms with E-state index in [4.69, 9.17) is 4.74 Å². The van der Waals surface area contributed by atoms with Gasteiger partial charge in [-0.15, -0.1) is 0 Å². The summed E-state index contributed by atoms with van der Waals surface area (Å²) in [5.41, 5.74) is 5.62. The maximum absolute atomic E-state index is 12.2. The van der Waals surface area contributed by atoms with Crippen LogP contribution in [0.2, 0.25) is 0 Å². The molecule has 152 valence electrons. The van der Waals surface area contributed by atoms with Gasteiger partial charge in [0.25, 0.3) is 5.91 Å². The fourth-order valence-electron chi connectivity index (χ4n) is 2.36. The summed E-state index contributed by atoms with van der Waals surface area (Å²) in [5, 5.41) is 8.93. The molecule has 2 aromatic carbocycles. The van der Waals surface area contributed by atoms with Gasteiger partial charge in [-0.1, -0.05) is 24.3 Å². The Kier molecular flexibility index (Phi) is 7.90. The summed E-state index contributed by atoms with van der Waals surface area (Å²) < 4.78 is 5.52. The molecule has 2 rings (SSSR count). The highest BCUT2D eigenvalue weighted by Gasteiger charge is 2.10. The molecule has 0 aromatic heterocycles. The molecular weight excluding hydrogens is 372 g/mol. The van der Waals surface area contributed by atoms with E-state index < -0.39 is 11.8 Å². The number of hydrazone groups is 1. The quantitative estimate of drug-likeness (QED) is 0.377. The van der Waals surface area contributed by atoms with Crippen LogP contribution in [0.3, 0.4) is 0 Å². The lowest BCUT2D eigenvalue weighted by atomic mass is 10.1. The van der Waals surface area contributed by atoms with Crippen molar-refractivity contribution in [3.63, 3.8) is 0 Å². The number of hydrogen-bond donors (Lipinski definition) is 3. The molecular formula is C21H24N4O4. The van der Waals surface area contributed by atoms with Crippen LogP contribution in [0.5, 0.6) is 5.75 Å². The van der Waals surface area contributed by atoms with Crippen molar-refractivity contribution < 1.29 is 19.1 Å². The average molecular weight is 396 g/mol. The Morgan fingerprint density at radius 3 is 2.59 bits per heavy atom. The molecule has 0 bridgehead atoms. The number of likely N-dealkylation sites (N-methyl/N-ethyl adjacent to an activating group) is 1. The second kappa shape index (κ2) is 10.6. The Labute approximate surface area is 169 Å². The molecule has 0 saturated carbocycles. The van der Waals surface area contributed by atoms with Crippen LogP contribution in [0, 0.1) is 13.8 Å². The molecule has 0 unspecified atom stereocenters. The minimum Gasteiger partial charge on any atom is -0.484 e. The normalized spacial score (nSPS) is 10.4. The van der Waals surface area contributed by atoms with Gasteiger partial charge in [-0.25, -0.2) is 5.43 Å². The molecule has 29 heavy (non-hydrogen) atoms. The van der Waals surface area contributed by atoms with Crippen LogP contribution in [0.1, 0.15) is 23.6 Å². The van der Waals surface area contributed by atoms with E-state index in [0.717, 1.165) is 16.8 Å². The van der Waals surface area contributed by atoms with Crippen LogP contribution in [-0.2, 0) is 14.4 Å². The number of amides is 3. The first-order valence-corrected chi connectivity index (χ1v) is 9.11. The van der Waals surface area contributed by atoms with Crippen molar-refractivity contribution in [2.75, 3.05) is 18.5 Å². The van der Waals surface area contributed by atoms with Gasteiger partial charge in [0.2, 0.25) is 0 Å². The van der Waals surface area contributed by atoms with E-state index in [9.17, 15) is 14.4 Å². The smallest absolute Gasteiger partial charge is 0.329 e. The molecule has 0 saturated heterocycles. The number of hydrogen-bond acceptors (Lipinski definition) is 5. The van der Waals surface area contributed by atoms with Gasteiger partial charge in [-0.3, -0.25) is 14.4 Å². The molecule has 8 heteroatoms. The van der Waals surface area contributed by atoms with E-state index in [1.165, 1.54) is 6.21 Å². The van der Waals surface area contributed by atoms with Gasteiger partial charge in [0, 0.05) is 12.2 Å². The molecule has 0 spiro atoms. The van der Waals surface area contributed by atoms with E-state index in [1.54, 1.807) is 31.2 Å². The molecule has 8 nitrogen and oxygen atoms in total. The van der Waals surface area contributed by atoms with Gasteiger partial charge in [0.15, 0.2) is 6.61 Å². The fraction of sp³-hybridized carbons (Fsp3) is 0.238. The highest BCUT2D eigenvalue weighted by molar-refractivity contribution is 6.35. The zero-order chi connectivity index (χ0) is 21.2. The fourth-order valence-corrected chi connectivity index (χ4v) is 2.36. The third kappa shape index (κ3) is 6.76. The van der Waals surface area contributed by atoms with Crippen molar-refractivity contribution in [3.8, 4) is 5.75 Å². The third-order valence-electron chi connectivity index (χ3n) is 4.03.